The number of aliphatic carboxylic acids is 1. The Hall–Kier alpha value is -2.21. The number of carbonyl (C=O) groups excluding carboxylic acids is 2. The Bertz CT molecular complexity index is 647. The molecule has 1 unspecified atom stereocenters. The van der Waals surface area contributed by atoms with E-state index in [-0.39, 0.29) is 24.2 Å². The Morgan fingerprint density at radius 1 is 1.17 bits per heavy atom. The van der Waals surface area contributed by atoms with Crippen molar-refractivity contribution in [2.45, 2.75) is 38.6 Å². The summed E-state index contributed by atoms with van der Waals surface area (Å²) in [6.07, 6.45) is 2.13. The van der Waals surface area contributed by atoms with E-state index in [1.54, 1.807) is 0 Å². The van der Waals surface area contributed by atoms with Crippen LogP contribution in [-0.2, 0) is 20.8 Å². The number of nitrogens with zero attached hydrogens (tertiary/aromatic N) is 2. The van der Waals surface area contributed by atoms with Crippen LogP contribution in [0.4, 0.5) is 5.69 Å². The molecule has 1 N–H and O–H groups in total. The van der Waals surface area contributed by atoms with Crippen molar-refractivity contribution in [1.29, 1.82) is 0 Å². The summed E-state index contributed by atoms with van der Waals surface area (Å²) < 4.78 is 0. The fourth-order valence-electron chi connectivity index (χ4n) is 3.51. The summed E-state index contributed by atoms with van der Waals surface area (Å²) in [4.78, 5) is 39.4. The smallest absolute Gasteiger partial charge is 0.306 e. The van der Waals surface area contributed by atoms with E-state index in [9.17, 15) is 14.4 Å². The van der Waals surface area contributed by atoms with Crippen molar-refractivity contribution in [3.8, 4) is 0 Å². The first-order valence-electron chi connectivity index (χ1n) is 8.44. The third-order valence-electron chi connectivity index (χ3n) is 5.05. The van der Waals surface area contributed by atoms with Gasteiger partial charge in [0.1, 0.15) is 0 Å². The number of amides is 2. The van der Waals surface area contributed by atoms with Gasteiger partial charge in [0.05, 0.1) is 24.1 Å². The minimum Gasteiger partial charge on any atom is -0.481 e. The number of likely N-dealkylation sites (tertiary alicyclic amines) is 1. The predicted octanol–water partition coefficient (Wildman–Crippen LogP) is 1.68. The number of rotatable bonds is 4. The van der Waals surface area contributed by atoms with Crippen molar-refractivity contribution >= 4 is 23.5 Å². The molecule has 1 atom stereocenters. The van der Waals surface area contributed by atoms with E-state index < -0.39 is 12.0 Å². The maximum Gasteiger partial charge on any atom is 0.306 e. The van der Waals surface area contributed by atoms with Gasteiger partial charge >= 0.3 is 5.97 Å². The number of piperidine rings is 1. The standard InChI is InChI=1S/C18H22N2O4/c1-2-12-3-5-14(6-4-12)20-16(21)11-15(17(20)22)19-9-7-13(8-10-19)18(23)24/h3-6,13,15H,2,7-11H2,1H3,(H,23,24). The Labute approximate surface area is 141 Å². The molecule has 2 aliphatic rings. The van der Waals surface area contributed by atoms with Crippen LogP contribution in [-0.4, -0.2) is 46.9 Å². The van der Waals surface area contributed by atoms with Crippen LogP contribution in [0.3, 0.4) is 0 Å². The molecule has 0 saturated carbocycles. The lowest BCUT2D eigenvalue weighted by molar-refractivity contribution is -0.143. The average Bonchev–Trinajstić information content (AvgIpc) is 2.89. The third kappa shape index (κ3) is 3.06. The Morgan fingerprint density at radius 3 is 2.33 bits per heavy atom. The number of hydrogen-bond donors (Lipinski definition) is 1. The molecule has 2 amide bonds. The number of carbonyl (C=O) groups is 3. The molecular weight excluding hydrogens is 308 g/mol. The number of benzene rings is 1. The van der Waals surface area contributed by atoms with Gasteiger partial charge in [-0.05, 0) is 50.0 Å². The molecule has 0 radical (unpaired) electrons. The van der Waals surface area contributed by atoms with E-state index in [0.717, 1.165) is 12.0 Å². The van der Waals surface area contributed by atoms with Crippen LogP contribution in [0, 0.1) is 5.92 Å². The summed E-state index contributed by atoms with van der Waals surface area (Å²) in [6.45, 7) is 3.14. The summed E-state index contributed by atoms with van der Waals surface area (Å²) in [6, 6.07) is 7.03. The minimum absolute atomic E-state index is 0.173. The second kappa shape index (κ2) is 6.73. The summed E-state index contributed by atoms with van der Waals surface area (Å²) in [5.41, 5.74) is 1.77. The Kier molecular flexibility index (Phi) is 4.66. The number of hydrogen-bond acceptors (Lipinski definition) is 4. The highest BCUT2D eigenvalue weighted by Crippen LogP contribution is 2.28. The molecule has 1 aromatic carbocycles. The Balaban J connectivity index is 1.71. The van der Waals surface area contributed by atoms with E-state index in [0.29, 0.717) is 31.6 Å². The molecular formula is C18H22N2O4. The molecule has 0 aromatic heterocycles. The van der Waals surface area contributed by atoms with Crippen molar-refractivity contribution in [2.75, 3.05) is 18.0 Å². The van der Waals surface area contributed by atoms with E-state index in [4.69, 9.17) is 5.11 Å². The summed E-state index contributed by atoms with van der Waals surface area (Å²) in [7, 11) is 0. The molecule has 128 valence electrons. The highest BCUT2D eigenvalue weighted by atomic mass is 16.4. The van der Waals surface area contributed by atoms with Gasteiger partial charge in [-0.15, -0.1) is 0 Å². The first kappa shape index (κ1) is 16.6. The number of imide groups is 1. The monoisotopic (exact) mass is 330 g/mol. The summed E-state index contributed by atoms with van der Waals surface area (Å²) in [5.74, 6) is -1.50. The zero-order valence-corrected chi connectivity index (χ0v) is 13.8. The number of carboxylic acids is 1. The van der Waals surface area contributed by atoms with Crippen molar-refractivity contribution in [3.63, 3.8) is 0 Å². The maximum atomic E-state index is 12.7. The van der Waals surface area contributed by atoms with Crippen molar-refractivity contribution in [2.24, 2.45) is 5.92 Å². The van der Waals surface area contributed by atoms with Gasteiger partial charge in [-0.2, -0.15) is 0 Å². The van der Waals surface area contributed by atoms with Gasteiger partial charge in [0, 0.05) is 0 Å². The van der Waals surface area contributed by atoms with Crippen LogP contribution in [0.25, 0.3) is 0 Å². The summed E-state index contributed by atoms with van der Waals surface area (Å²) in [5, 5.41) is 9.07. The largest absolute Gasteiger partial charge is 0.481 e. The fraction of sp³-hybridized carbons (Fsp3) is 0.500. The maximum absolute atomic E-state index is 12.7. The topological polar surface area (TPSA) is 77.9 Å². The first-order chi connectivity index (χ1) is 11.5. The molecule has 0 bridgehead atoms. The molecule has 2 saturated heterocycles. The highest BCUT2D eigenvalue weighted by molar-refractivity contribution is 6.22. The van der Waals surface area contributed by atoms with E-state index in [1.807, 2.05) is 29.2 Å². The first-order valence-corrected chi connectivity index (χ1v) is 8.44. The molecule has 1 aromatic rings. The molecule has 2 heterocycles. The molecule has 3 rings (SSSR count). The van der Waals surface area contributed by atoms with Crippen LogP contribution in [0.1, 0.15) is 31.7 Å². The Morgan fingerprint density at radius 2 is 1.79 bits per heavy atom. The normalized spacial score (nSPS) is 23.0. The zero-order chi connectivity index (χ0) is 17.3. The van der Waals surface area contributed by atoms with Crippen molar-refractivity contribution in [1.82, 2.24) is 4.90 Å². The quantitative estimate of drug-likeness (QED) is 0.850. The lowest BCUT2D eigenvalue weighted by Crippen LogP contribution is -2.46. The molecule has 0 spiro atoms. The zero-order valence-electron chi connectivity index (χ0n) is 13.8. The summed E-state index contributed by atoms with van der Waals surface area (Å²) >= 11 is 0. The number of aryl methyl sites for hydroxylation is 1. The second-order valence-corrected chi connectivity index (χ2v) is 6.46. The SMILES string of the molecule is CCc1ccc(N2C(=O)CC(N3CCC(C(=O)O)CC3)C2=O)cc1. The lowest BCUT2D eigenvalue weighted by atomic mass is 9.96. The van der Waals surface area contributed by atoms with Gasteiger partial charge in [0.15, 0.2) is 0 Å². The molecule has 6 nitrogen and oxygen atoms in total. The number of carboxylic acid groups (broad SMARTS) is 1. The van der Waals surface area contributed by atoms with Gasteiger partial charge in [0.2, 0.25) is 5.91 Å². The third-order valence-corrected chi connectivity index (χ3v) is 5.05. The van der Waals surface area contributed by atoms with Crippen LogP contribution < -0.4 is 4.90 Å². The van der Waals surface area contributed by atoms with Crippen molar-refractivity contribution < 1.29 is 19.5 Å². The van der Waals surface area contributed by atoms with Gasteiger partial charge < -0.3 is 5.11 Å². The highest BCUT2D eigenvalue weighted by Gasteiger charge is 2.43. The molecule has 0 aliphatic carbocycles. The van der Waals surface area contributed by atoms with Crippen LogP contribution in [0.2, 0.25) is 0 Å². The van der Waals surface area contributed by atoms with E-state index in [1.165, 1.54) is 4.90 Å². The fourth-order valence-corrected chi connectivity index (χ4v) is 3.51. The van der Waals surface area contributed by atoms with Crippen LogP contribution in [0.15, 0.2) is 24.3 Å². The molecule has 24 heavy (non-hydrogen) atoms. The average molecular weight is 330 g/mol. The number of anilines is 1. The molecule has 2 aliphatic heterocycles. The van der Waals surface area contributed by atoms with E-state index in [2.05, 4.69) is 6.92 Å². The van der Waals surface area contributed by atoms with Gasteiger partial charge in [-0.1, -0.05) is 19.1 Å². The lowest BCUT2D eigenvalue weighted by Gasteiger charge is -2.33. The van der Waals surface area contributed by atoms with E-state index >= 15 is 0 Å². The predicted molar refractivity (Wildman–Crippen MR) is 88.7 cm³/mol. The van der Waals surface area contributed by atoms with Crippen LogP contribution in [0.5, 0.6) is 0 Å². The second-order valence-electron chi connectivity index (χ2n) is 6.46. The van der Waals surface area contributed by atoms with Crippen LogP contribution >= 0.6 is 0 Å². The van der Waals surface area contributed by atoms with Gasteiger partial charge in [-0.25, -0.2) is 4.90 Å². The van der Waals surface area contributed by atoms with Crippen molar-refractivity contribution in [3.05, 3.63) is 29.8 Å². The molecule has 6 heteroatoms. The van der Waals surface area contributed by atoms with Gasteiger partial charge in [-0.3, -0.25) is 19.3 Å². The van der Waals surface area contributed by atoms with Gasteiger partial charge in [0.25, 0.3) is 5.91 Å². The minimum atomic E-state index is -0.777. The molecule has 2 fully saturated rings.